The molecule has 0 saturated carbocycles. The minimum Gasteiger partial charge on any atom is -0.324 e. The topological polar surface area (TPSA) is 42.0 Å². The summed E-state index contributed by atoms with van der Waals surface area (Å²) in [5.74, 6) is -2.89. The van der Waals surface area contributed by atoms with Crippen LogP contribution in [0.25, 0.3) is 10.9 Å². The number of hydrogen-bond donors (Lipinski definition) is 1. The number of para-hydroxylation sites is 1. The number of pyridine rings is 1. The first-order chi connectivity index (χ1) is 13.3. The lowest BCUT2D eigenvalue weighted by Crippen LogP contribution is -2.31. The second-order valence-corrected chi connectivity index (χ2v) is 6.29. The Morgan fingerprint density at radius 1 is 1.11 bits per heavy atom. The van der Waals surface area contributed by atoms with E-state index in [0.717, 1.165) is 0 Å². The molecule has 3 rings (SSSR count). The molecule has 1 heterocycles. The molecular formula is C21H16F4N2O. The Labute approximate surface area is 158 Å². The van der Waals surface area contributed by atoms with E-state index in [1.807, 2.05) is 0 Å². The summed E-state index contributed by atoms with van der Waals surface area (Å²) >= 11 is 0. The summed E-state index contributed by atoms with van der Waals surface area (Å²) in [4.78, 5) is 16.6. The van der Waals surface area contributed by atoms with Crippen molar-refractivity contribution in [1.82, 2.24) is 4.98 Å². The number of nitrogens with zero attached hydrogens (tertiary/aromatic N) is 1. The Hall–Kier alpha value is -3.22. The number of aromatic nitrogens is 1. The normalized spacial score (nSPS) is 12.6. The molecule has 0 radical (unpaired) electrons. The second kappa shape index (κ2) is 7.80. The Morgan fingerprint density at radius 3 is 2.50 bits per heavy atom. The summed E-state index contributed by atoms with van der Waals surface area (Å²) in [6, 6.07) is 14.2. The van der Waals surface area contributed by atoms with Gasteiger partial charge in [0.05, 0.1) is 17.8 Å². The van der Waals surface area contributed by atoms with E-state index in [1.54, 1.807) is 36.4 Å². The zero-order valence-corrected chi connectivity index (χ0v) is 14.6. The SMILES string of the molecule is C=C(C(Cc1ccccc1)C(=O)Nc1cnc2c(F)cccc2c1)C(F)(F)F. The van der Waals surface area contributed by atoms with Gasteiger partial charge in [0.2, 0.25) is 5.91 Å². The van der Waals surface area contributed by atoms with Crippen LogP contribution in [0.1, 0.15) is 5.56 Å². The van der Waals surface area contributed by atoms with E-state index in [0.29, 0.717) is 10.9 Å². The van der Waals surface area contributed by atoms with E-state index in [2.05, 4.69) is 16.9 Å². The van der Waals surface area contributed by atoms with Crippen LogP contribution in [0.15, 0.2) is 72.9 Å². The van der Waals surface area contributed by atoms with E-state index in [4.69, 9.17) is 0 Å². The molecule has 0 saturated heterocycles. The molecule has 144 valence electrons. The van der Waals surface area contributed by atoms with E-state index in [9.17, 15) is 22.4 Å². The van der Waals surface area contributed by atoms with Gasteiger partial charge in [0.1, 0.15) is 11.3 Å². The van der Waals surface area contributed by atoms with Gasteiger partial charge in [0, 0.05) is 11.0 Å². The zero-order chi connectivity index (χ0) is 20.3. The molecular weight excluding hydrogens is 372 g/mol. The number of carbonyl (C=O) groups excluding carboxylic acids is 1. The van der Waals surface area contributed by atoms with E-state index in [1.165, 1.54) is 24.4 Å². The summed E-state index contributed by atoms with van der Waals surface area (Å²) in [5.41, 5.74) is -0.266. The number of benzene rings is 2. The van der Waals surface area contributed by atoms with Gasteiger partial charge in [-0.05, 0) is 24.1 Å². The summed E-state index contributed by atoms with van der Waals surface area (Å²) in [6.45, 7) is 3.10. The van der Waals surface area contributed by atoms with Gasteiger partial charge in [-0.25, -0.2) is 4.39 Å². The summed E-state index contributed by atoms with van der Waals surface area (Å²) in [6.07, 6.45) is -3.65. The van der Waals surface area contributed by atoms with Crippen LogP contribution in [-0.4, -0.2) is 17.1 Å². The highest BCUT2D eigenvalue weighted by molar-refractivity contribution is 5.96. The minimum absolute atomic E-state index is 0.112. The molecule has 0 aliphatic rings. The Kier molecular flexibility index (Phi) is 5.44. The van der Waals surface area contributed by atoms with Crippen molar-refractivity contribution in [3.63, 3.8) is 0 Å². The number of nitrogens with one attached hydrogen (secondary N) is 1. The van der Waals surface area contributed by atoms with Crippen molar-refractivity contribution in [2.75, 3.05) is 5.32 Å². The van der Waals surface area contributed by atoms with Gasteiger partial charge in [-0.1, -0.05) is 49.0 Å². The number of alkyl halides is 3. The van der Waals surface area contributed by atoms with Gasteiger partial charge in [0.15, 0.2) is 0 Å². The highest BCUT2D eigenvalue weighted by Gasteiger charge is 2.40. The molecule has 3 nitrogen and oxygen atoms in total. The third-order valence-corrected chi connectivity index (χ3v) is 4.31. The molecule has 0 spiro atoms. The number of hydrogen-bond acceptors (Lipinski definition) is 2. The molecule has 0 fully saturated rings. The van der Waals surface area contributed by atoms with Crippen LogP contribution in [0.2, 0.25) is 0 Å². The number of amides is 1. The van der Waals surface area contributed by atoms with Crippen LogP contribution in [0.5, 0.6) is 0 Å². The highest BCUT2D eigenvalue weighted by atomic mass is 19.4. The molecule has 0 aliphatic carbocycles. The van der Waals surface area contributed by atoms with Gasteiger partial charge in [-0.3, -0.25) is 9.78 Å². The number of anilines is 1. The second-order valence-electron chi connectivity index (χ2n) is 6.29. The maximum Gasteiger partial charge on any atom is 0.412 e. The first-order valence-electron chi connectivity index (χ1n) is 8.41. The van der Waals surface area contributed by atoms with Crippen molar-refractivity contribution in [3.8, 4) is 0 Å². The van der Waals surface area contributed by atoms with Crippen molar-refractivity contribution in [3.05, 3.63) is 84.3 Å². The summed E-state index contributed by atoms with van der Waals surface area (Å²) < 4.78 is 53.4. The fourth-order valence-electron chi connectivity index (χ4n) is 2.84. The third-order valence-electron chi connectivity index (χ3n) is 4.31. The predicted molar refractivity (Wildman–Crippen MR) is 99.2 cm³/mol. The summed E-state index contributed by atoms with van der Waals surface area (Å²) in [7, 11) is 0. The van der Waals surface area contributed by atoms with Gasteiger partial charge < -0.3 is 5.32 Å². The van der Waals surface area contributed by atoms with Crippen LogP contribution < -0.4 is 5.32 Å². The van der Waals surface area contributed by atoms with Crippen LogP contribution >= 0.6 is 0 Å². The average Bonchev–Trinajstić information content (AvgIpc) is 2.65. The van der Waals surface area contributed by atoms with E-state index in [-0.39, 0.29) is 17.6 Å². The Morgan fingerprint density at radius 2 is 1.82 bits per heavy atom. The molecule has 1 aromatic heterocycles. The van der Waals surface area contributed by atoms with Crippen molar-refractivity contribution in [1.29, 1.82) is 0 Å². The fraction of sp³-hybridized carbons (Fsp3) is 0.143. The third kappa shape index (κ3) is 4.36. The molecule has 0 bridgehead atoms. The summed E-state index contributed by atoms with van der Waals surface area (Å²) in [5, 5.41) is 2.87. The molecule has 1 unspecified atom stereocenters. The fourth-order valence-corrected chi connectivity index (χ4v) is 2.84. The molecule has 1 atom stereocenters. The molecule has 28 heavy (non-hydrogen) atoms. The number of carbonyl (C=O) groups is 1. The quantitative estimate of drug-likeness (QED) is 0.477. The van der Waals surface area contributed by atoms with Crippen molar-refractivity contribution in [2.24, 2.45) is 5.92 Å². The largest absolute Gasteiger partial charge is 0.412 e. The molecule has 1 N–H and O–H groups in total. The van der Waals surface area contributed by atoms with Crippen molar-refractivity contribution in [2.45, 2.75) is 12.6 Å². The Bertz CT molecular complexity index is 1020. The first-order valence-corrected chi connectivity index (χ1v) is 8.41. The number of rotatable bonds is 5. The minimum atomic E-state index is -4.71. The van der Waals surface area contributed by atoms with Crippen LogP contribution in [-0.2, 0) is 11.2 Å². The molecule has 2 aromatic carbocycles. The number of fused-ring (bicyclic) bond motifs is 1. The smallest absolute Gasteiger partial charge is 0.324 e. The van der Waals surface area contributed by atoms with Crippen molar-refractivity contribution >= 4 is 22.5 Å². The monoisotopic (exact) mass is 388 g/mol. The number of halogens is 4. The predicted octanol–water partition coefficient (Wildman–Crippen LogP) is 5.29. The maximum atomic E-state index is 13.7. The van der Waals surface area contributed by atoms with Crippen molar-refractivity contribution < 1.29 is 22.4 Å². The molecule has 7 heteroatoms. The van der Waals surface area contributed by atoms with Crippen LogP contribution in [0, 0.1) is 11.7 Å². The average molecular weight is 388 g/mol. The van der Waals surface area contributed by atoms with Crippen LogP contribution in [0.4, 0.5) is 23.2 Å². The van der Waals surface area contributed by atoms with Gasteiger partial charge >= 0.3 is 6.18 Å². The highest BCUT2D eigenvalue weighted by Crippen LogP contribution is 2.33. The first kappa shape index (κ1) is 19.5. The maximum absolute atomic E-state index is 13.7. The van der Waals surface area contributed by atoms with Gasteiger partial charge in [0.25, 0.3) is 0 Å². The standard InChI is InChI=1S/C21H16F4N2O/c1-13(21(23,24)25)17(10-14-6-3-2-4-7-14)20(28)27-16-11-15-8-5-9-18(22)19(15)26-12-16/h2-9,11-12,17H,1,10H2,(H,27,28). The lowest BCUT2D eigenvalue weighted by Gasteiger charge is -2.21. The Balaban J connectivity index is 1.87. The molecule has 1 amide bonds. The van der Waals surface area contributed by atoms with E-state index >= 15 is 0 Å². The van der Waals surface area contributed by atoms with E-state index < -0.39 is 29.4 Å². The molecule has 3 aromatic rings. The van der Waals surface area contributed by atoms with Gasteiger partial charge in [-0.15, -0.1) is 0 Å². The van der Waals surface area contributed by atoms with Gasteiger partial charge in [-0.2, -0.15) is 13.2 Å². The zero-order valence-electron chi connectivity index (χ0n) is 14.6. The molecule has 0 aliphatic heterocycles. The lowest BCUT2D eigenvalue weighted by atomic mass is 9.91. The van der Waals surface area contributed by atoms with Crippen LogP contribution in [0.3, 0.4) is 0 Å². The lowest BCUT2D eigenvalue weighted by molar-refractivity contribution is -0.126.